The third-order valence-corrected chi connectivity index (χ3v) is 5.54. The van der Waals surface area contributed by atoms with E-state index in [9.17, 15) is 19.2 Å². The molecule has 1 unspecified atom stereocenters. The lowest BCUT2D eigenvalue weighted by atomic mass is 10.0. The van der Waals surface area contributed by atoms with Gasteiger partial charge in [-0.3, -0.25) is 19.4 Å². The Labute approximate surface area is 197 Å². The van der Waals surface area contributed by atoms with Gasteiger partial charge in [0, 0.05) is 25.3 Å². The lowest BCUT2D eigenvalue weighted by molar-refractivity contribution is -0.149. The third-order valence-electron chi connectivity index (χ3n) is 5.54. The zero-order valence-electron chi connectivity index (χ0n) is 19.9. The molecule has 12 heteroatoms. The summed E-state index contributed by atoms with van der Waals surface area (Å²) in [7, 11) is 0. The number of fused-ring (bicyclic) bond motifs is 1. The number of esters is 2. The number of nitrogens with zero attached hydrogens (tertiary/aromatic N) is 2. The fourth-order valence-electron chi connectivity index (χ4n) is 3.09. The van der Waals surface area contributed by atoms with Gasteiger partial charge in [-0.25, -0.2) is 4.98 Å². The Hall–Kier alpha value is -3.28. The number of H-pyrrole nitrogens is 2. The summed E-state index contributed by atoms with van der Waals surface area (Å²) in [5.74, 6) is -0.894. The first-order chi connectivity index (χ1) is 16.2. The average molecular weight is 479 g/mol. The maximum Gasteiger partial charge on any atom is 0.323 e. The number of ketones is 1. The number of hydrogen-bond acceptors (Lipinski definition) is 10. The molecule has 3 atom stereocenters. The second-order valence-corrected chi connectivity index (χ2v) is 8.37. The van der Waals surface area contributed by atoms with Crippen LogP contribution in [0.1, 0.15) is 52.9 Å². The van der Waals surface area contributed by atoms with Crippen molar-refractivity contribution in [1.82, 2.24) is 19.9 Å². The van der Waals surface area contributed by atoms with Crippen LogP contribution in [0.4, 0.5) is 5.95 Å². The molecule has 0 aliphatic rings. The fourth-order valence-corrected chi connectivity index (χ4v) is 3.09. The van der Waals surface area contributed by atoms with Gasteiger partial charge < -0.3 is 30.3 Å². The van der Waals surface area contributed by atoms with Gasteiger partial charge in [0.1, 0.15) is 11.8 Å². The van der Waals surface area contributed by atoms with Crippen molar-refractivity contribution in [3.8, 4) is 0 Å². The van der Waals surface area contributed by atoms with Crippen LogP contribution < -0.4 is 16.6 Å². The fraction of sp³-hybridized carbons (Fsp3) is 0.636. The van der Waals surface area contributed by atoms with Crippen molar-refractivity contribution in [2.45, 2.75) is 58.9 Å². The number of Topliss-reactive ketones (excluding diaryl/α,β-unsaturated/α-hetero) is 1. The molecule has 5 N–H and O–H groups in total. The molecule has 0 aromatic carbocycles. The second kappa shape index (κ2) is 13.4. The second-order valence-electron chi connectivity index (χ2n) is 8.37. The monoisotopic (exact) mass is 478 g/mol. The van der Waals surface area contributed by atoms with Gasteiger partial charge in [-0.05, 0) is 25.7 Å². The summed E-state index contributed by atoms with van der Waals surface area (Å²) >= 11 is 0. The first kappa shape index (κ1) is 27.0. The molecule has 0 amide bonds. The smallest absolute Gasteiger partial charge is 0.323 e. The van der Waals surface area contributed by atoms with Crippen molar-refractivity contribution in [2.24, 2.45) is 17.6 Å². The van der Waals surface area contributed by atoms with Crippen LogP contribution in [0.2, 0.25) is 0 Å². The van der Waals surface area contributed by atoms with Gasteiger partial charge in [-0.15, -0.1) is 0 Å². The van der Waals surface area contributed by atoms with Crippen molar-refractivity contribution >= 4 is 34.8 Å². The van der Waals surface area contributed by atoms with Crippen molar-refractivity contribution in [1.29, 1.82) is 0 Å². The van der Waals surface area contributed by atoms with Crippen LogP contribution in [0.25, 0.3) is 11.2 Å². The number of nitrogens with two attached hydrogens (primary N) is 1. The molecular formula is C22H34N6O6. The molecule has 2 aromatic heterocycles. The van der Waals surface area contributed by atoms with Crippen molar-refractivity contribution < 1.29 is 23.9 Å². The van der Waals surface area contributed by atoms with Gasteiger partial charge in [0.05, 0.1) is 19.5 Å². The summed E-state index contributed by atoms with van der Waals surface area (Å²) in [6, 6.07) is -0.699. The molecular weight excluding hydrogens is 444 g/mol. The number of ether oxygens (including phenoxy) is 2. The normalized spacial score (nSPS) is 13.8. The Morgan fingerprint density at radius 3 is 2.71 bits per heavy atom. The largest absolute Gasteiger partial charge is 0.465 e. The predicted molar refractivity (Wildman–Crippen MR) is 125 cm³/mol. The number of carbonyl (C=O) groups excluding carboxylic acids is 3. The zero-order chi connectivity index (χ0) is 25.1. The Balaban J connectivity index is 1.93. The molecule has 0 aliphatic carbocycles. The molecule has 2 rings (SSSR count). The lowest BCUT2D eigenvalue weighted by Crippen LogP contribution is -2.38. The van der Waals surface area contributed by atoms with E-state index in [4.69, 9.17) is 15.2 Å². The highest BCUT2D eigenvalue weighted by Gasteiger charge is 2.22. The van der Waals surface area contributed by atoms with E-state index in [2.05, 4.69) is 25.3 Å². The zero-order valence-corrected chi connectivity index (χ0v) is 19.9. The van der Waals surface area contributed by atoms with E-state index in [1.807, 2.05) is 13.8 Å². The highest BCUT2D eigenvalue weighted by atomic mass is 16.5. The molecule has 2 heterocycles. The van der Waals surface area contributed by atoms with Gasteiger partial charge in [-0.1, -0.05) is 20.3 Å². The van der Waals surface area contributed by atoms with Crippen LogP contribution in [-0.4, -0.2) is 63.5 Å². The minimum atomic E-state index is -0.699. The van der Waals surface area contributed by atoms with Crippen LogP contribution in [0.3, 0.4) is 0 Å². The molecule has 0 saturated carbocycles. The van der Waals surface area contributed by atoms with Gasteiger partial charge in [0.2, 0.25) is 5.95 Å². The highest BCUT2D eigenvalue weighted by molar-refractivity contribution is 5.76. The van der Waals surface area contributed by atoms with E-state index in [-0.39, 0.29) is 66.5 Å². The summed E-state index contributed by atoms with van der Waals surface area (Å²) in [4.78, 5) is 60.8. The Morgan fingerprint density at radius 1 is 1.24 bits per heavy atom. The molecule has 0 bridgehead atoms. The summed E-state index contributed by atoms with van der Waals surface area (Å²) in [5, 5.41) is 3.02. The summed E-state index contributed by atoms with van der Waals surface area (Å²) in [5.41, 5.74) is 6.08. The van der Waals surface area contributed by atoms with E-state index in [0.717, 1.165) is 6.42 Å². The number of nitrogens with one attached hydrogen (secondary N) is 3. The standard InChI is InChI=1S/C22H34N6O6/c1-4-13(2)17(23)21(32)33-9-8-15(11-34-16(30)7-5-6-14(3)29)10-24-22-27-19-18(20(31)28-22)25-12-26-19/h12-13,15,17H,4-11,23H2,1-3H3,(H3,24,25,26,27,28,31)/t13-,15?,17-/m0/s1. The average Bonchev–Trinajstić information content (AvgIpc) is 3.28. The number of aromatic amines is 2. The van der Waals surface area contributed by atoms with Gasteiger partial charge in [-0.2, -0.15) is 4.98 Å². The number of aromatic nitrogens is 4. The summed E-state index contributed by atoms with van der Waals surface area (Å²) < 4.78 is 10.7. The third kappa shape index (κ3) is 8.58. The van der Waals surface area contributed by atoms with E-state index < -0.39 is 18.0 Å². The maximum atomic E-state index is 12.1. The molecule has 34 heavy (non-hydrogen) atoms. The van der Waals surface area contributed by atoms with Crippen LogP contribution in [0.15, 0.2) is 11.1 Å². The molecule has 12 nitrogen and oxygen atoms in total. The van der Waals surface area contributed by atoms with E-state index in [1.165, 1.54) is 13.3 Å². The maximum absolute atomic E-state index is 12.1. The molecule has 0 aliphatic heterocycles. The molecule has 0 radical (unpaired) electrons. The molecule has 2 aromatic rings. The number of imidazole rings is 1. The molecule has 188 valence electrons. The number of hydrogen-bond donors (Lipinski definition) is 4. The van der Waals surface area contributed by atoms with Crippen LogP contribution >= 0.6 is 0 Å². The van der Waals surface area contributed by atoms with Gasteiger partial charge >= 0.3 is 11.9 Å². The topological polar surface area (TPSA) is 182 Å². The first-order valence-electron chi connectivity index (χ1n) is 11.5. The number of anilines is 1. The minimum Gasteiger partial charge on any atom is -0.465 e. The van der Waals surface area contributed by atoms with E-state index in [0.29, 0.717) is 19.3 Å². The Kier molecular flexibility index (Phi) is 10.7. The van der Waals surface area contributed by atoms with Crippen molar-refractivity contribution in [3.63, 3.8) is 0 Å². The van der Waals surface area contributed by atoms with E-state index in [1.54, 1.807) is 0 Å². The SMILES string of the molecule is CC[C@H](C)[C@H](N)C(=O)OCCC(CNc1nc2nc[nH]c2c(=O)[nH]1)COC(=O)CCCC(C)=O. The van der Waals surface area contributed by atoms with Crippen LogP contribution in [0.5, 0.6) is 0 Å². The van der Waals surface area contributed by atoms with Crippen molar-refractivity contribution in [2.75, 3.05) is 25.1 Å². The highest BCUT2D eigenvalue weighted by Crippen LogP contribution is 2.11. The molecule has 0 saturated heterocycles. The number of carbonyl (C=O) groups is 3. The van der Waals surface area contributed by atoms with Gasteiger partial charge in [0.15, 0.2) is 11.2 Å². The van der Waals surface area contributed by atoms with Crippen LogP contribution in [-0.2, 0) is 23.9 Å². The van der Waals surface area contributed by atoms with Crippen molar-refractivity contribution in [3.05, 3.63) is 16.7 Å². The van der Waals surface area contributed by atoms with Crippen LogP contribution in [0, 0.1) is 11.8 Å². The summed E-state index contributed by atoms with van der Waals surface area (Å²) in [6.45, 7) is 5.75. The first-order valence-corrected chi connectivity index (χ1v) is 11.5. The molecule has 0 fully saturated rings. The lowest BCUT2D eigenvalue weighted by Gasteiger charge is -2.20. The molecule has 0 spiro atoms. The number of rotatable bonds is 15. The predicted octanol–water partition coefficient (Wildman–Crippen LogP) is 1.28. The van der Waals surface area contributed by atoms with Gasteiger partial charge in [0.25, 0.3) is 5.56 Å². The van der Waals surface area contributed by atoms with E-state index >= 15 is 0 Å². The Bertz CT molecular complexity index is 1020. The quantitative estimate of drug-likeness (QED) is 0.272. The Morgan fingerprint density at radius 2 is 2.00 bits per heavy atom. The summed E-state index contributed by atoms with van der Waals surface area (Å²) in [6.07, 6.45) is 3.42. The minimum absolute atomic E-state index is 0.000720.